The Bertz CT molecular complexity index is 1600. The molecule has 4 amide bonds. The lowest BCUT2D eigenvalue weighted by Crippen LogP contribution is -2.55. The molecular weight excluding hydrogens is 514 g/mol. The lowest BCUT2D eigenvalue weighted by atomic mass is 10.0. The zero-order valence-corrected chi connectivity index (χ0v) is 21.6. The van der Waals surface area contributed by atoms with Gasteiger partial charge < -0.3 is 20.6 Å². The number of amides is 4. The summed E-state index contributed by atoms with van der Waals surface area (Å²) in [7, 11) is 0. The summed E-state index contributed by atoms with van der Waals surface area (Å²) in [6.45, 7) is 3.98. The fourth-order valence-corrected chi connectivity index (χ4v) is 6.12. The van der Waals surface area contributed by atoms with Crippen LogP contribution in [0.1, 0.15) is 16.1 Å². The van der Waals surface area contributed by atoms with E-state index in [9.17, 15) is 19.5 Å². The number of rotatable bonds is 5. The van der Waals surface area contributed by atoms with Crippen molar-refractivity contribution in [3.05, 3.63) is 84.4 Å². The van der Waals surface area contributed by atoms with E-state index in [1.807, 2.05) is 54.6 Å². The summed E-state index contributed by atoms with van der Waals surface area (Å²) in [6, 6.07) is 18.6. The van der Waals surface area contributed by atoms with Crippen molar-refractivity contribution in [1.82, 2.24) is 15.2 Å². The minimum Gasteiger partial charge on any atom is -0.389 e. The van der Waals surface area contributed by atoms with Crippen LogP contribution in [0.15, 0.2) is 79.5 Å². The Hall–Kier alpha value is -4.54. The minimum atomic E-state index is -0.921. The number of pyridine rings is 1. The molecule has 4 aromatic rings. The first kappa shape index (κ1) is 24.8. The highest BCUT2D eigenvalue weighted by Crippen LogP contribution is 2.45. The number of carbonyl (C=O) groups is 3. The second kappa shape index (κ2) is 9.97. The number of nitrogens with one attached hydrogen (secondary N) is 2. The number of benzene rings is 2. The number of aromatic nitrogens is 1. The molecule has 0 radical (unpaired) electrons. The molecule has 2 aromatic heterocycles. The molecule has 0 spiro atoms. The molecule has 1 fully saturated rings. The van der Waals surface area contributed by atoms with Gasteiger partial charge in [-0.05, 0) is 41.8 Å². The number of piperidine rings is 1. The van der Waals surface area contributed by atoms with Crippen LogP contribution in [0.5, 0.6) is 0 Å². The first-order valence-electron chi connectivity index (χ1n) is 12.5. The van der Waals surface area contributed by atoms with Crippen LogP contribution in [0.3, 0.4) is 0 Å². The van der Waals surface area contributed by atoms with Gasteiger partial charge in [-0.15, -0.1) is 11.3 Å². The maximum absolute atomic E-state index is 13.4. The van der Waals surface area contributed by atoms with E-state index in [4.69, 9.17) is 0 Å². The Morgan fingerprint density at radius 3 is 2.56 bits per heavy atom. The monoisotopic (exact) mass is 539 g/mol. The van der Waals surface area contributed by atoms with E-state index < -0.39 is 18.1 Å². The number of likely N-dealkylation sites (tertiary alicyclic amines) is 1. The van der Waals surface area contributed by atoms with Crippen LogP contribution in [0.2, 0.25) is 0 Å². The summed E-state index contributed by atoms with van der Waals surface area (Å²) in [4.78, 5) is 47.1. The zero-order chi connectivity index (χ0) is 27.1. The molecular formula is C29H25N5O4S. The van der Waals surface area contributed by atoms with E-state index in [1.54, 1.807) is 17.2 Å². The number of thiophene rings is 1. The number of aliphatic hydroxyl groups excluding tert-OH is 1. The number of carbonyl (C=O) groups excluding carboxylic acids is 3. The largest absolute Gasteiger partial charge is 0.389 e. The summed E-state index contributed by atoms with van der Waals surface area (Å²) in [5.41, 5.74) is 3.85. The van der Waals surface area contributed by atoms with E-state index in [-0.39, 0.29) is 18.5 Å². The first-order chi connectivity index (χ1) is 18.9. The number of hydrogen-bond acceptors (Lipinski definition) is 6. The molecule has 4 heterocycles. The second-order valence-electron chi connectivity index (χ2n) is 9.42. The van der Waals surface area contributed by atoms with Crippen molar-refractivity contribution in [3.8, 4) is 11.1 Å². The summed E-state index contributed by atoms with van der Waals surface area (Å²) < 4.78 is 0. The van der Waals surface area contributed by atoms with Crippen LogP contribution in [-0.2, 0) is 4.79 Å². The highest BCUT2D eigenvalue weighted by molar-refractivity contribution is 7.21. The van der Waals surface area contributed by atoms with Gasteiger partial charge in [-0.3, -0.25) is 14.5 Å². The molecule has 0 saturated carbocycles. The predicted octanol–water partition coefficient (Wildman–Crippen LogP) is 4.52. The predicted molar refractivity (Wildman–Crippen MR) is 151 cm³/mol. The van der Waals surface area contributed by atoms with Gasteiger partial charge in [-0.2, -0.15) is 0 Å². The smallest absolute Gasteiger partial charge is 0.331 e. The molecule has 2 aliphatic heterocycles. The maximum atomic E-state index is 13.4. The highest BCUT2D eigenvalue weighted by atomic mass is 32.1. The minimum absolute atomic E-state index is 0.107. The number of β-amino-alcohol motifs (C(OH)–C–C–N with tert-alkyl or cyclic N) is 1. The molecule has 1 saturated heterocycles. The highest BCUT2D eigenvalue weighted by Gasteiger charge is 2.35. The normalized spacial score (nSPS) is 18.5. The molecule has 196 valence electrons. The van der Waals surface area contributed by atoms with Crippen LogP contribution in [0.25, 0.3) is 21.3 Å². The van der Waals surface area contributed by atoms with Crippen molar-refractivity contribution in [2.45, 2.75) is 18.6 Å². The van der Waals surface area contributed by atoms with Gasteiger partial charge in [0, 0.05) is 19.3 Å². The Morgan fingerprint density at radius 1 is 1.10 bits per heavy atom. The molecule has 2 aromatic carbocycles. The number of urea groups is 1. The van der Waals surface area contributed by atoms with Gasteiger partial charge in [0.05, 0.1) is 34.6 Å². The van der Waals surface area contributed by atoms with E-state index >= 15 is 0 Å². The Kier molecular flexibility index (Phi) is 6.34. The molecule has 2 aliphatic rings. The SMILES string of the molecule is C=CC(=O)N1CCC(NC(=O)c2sc3nccc4c3c2NC(=O)N4c2ccc(-c3ccccc3)cc2)C(O)C1. The van der Waals surface area contributed by atoms with E-state index in [0.717, 1.165) is 11.1 Å². The molecule has 2 atom stereocenters. The first-order valence-corrected chi connectivity index (χ1v) is 13.3. The van der Waals surface area contributed by atoms with Gasteiger partial charge in [-0.25, -0.2) is 9.78 Å². The average molecular weight is 540 g/mol. The molecule has 9 nitrogen and oxygen atoms in total. The van der Waals surface area contributed by atoms with Gasteiger partial charge in [-0.1, -0.05) is 49.0 Å². The van der Waals surface area contributed by atoms with Crippen LogP contribution in [0, 0.1) is 0 Å². The number of anilines is 3. The van der Waals surface area contributed by atoms with Gasteiger partial charge in [0.1, 0.15) is 9.71 Å². The van der Waals surface area contributed by atoms with Crippen molar-refractivity contribution >= 4 is 56.5 Å². The van der Waals surface area contributed by atoms with Gasteiger partial charge in [0.2, 0.25) is 5.91 Å². The van der Waals surface area contributed by atoms with E-state index in [0.29, 0.717) is 45.1 Å². The van der Waals surface area contributed by atoms with Crippen molar-refractivity contribution in [3.63, 3.8) is 0 Å². The maximum Gasteiger partial charge on any atom is 0.331 e. The van der Waals surface area contributed by atoms with Crippen molar-refractivity contribution in [1.29, 1.82) is 0 Å². The third-order valence-corrected chi connectivity index (χ3v) is 8.17. The van der Waals surface area contributed by atoms with Crippen molar-refractivity contribution < 1.29 is 19.5 Å². The third-order valence-electron chi connectivity index (χ3n) is 7.07. The molecule has 2 unspecified atom stereocenters. The summed E-state index contributed by atoms with van der Waals surface area (Å²) in [5, 5.41) is 17.0. The molecule has 0 bridgehead atoms. The molecule has 0 aliphatic carbocycles. The second-order valence-corrected chi connectivity index (χ2v) is 10.4. The Labute approximate surface area is 228 Å². The van der Waals surface area contributed by atoms with Crippen LogP contribution in [0.4, 0.5) is 21.9 Å². The fraction of sp³-hybridized carbons (Fsp3) is 0.172. The van der Waals surface area contributed by atoms with Gasteiger partial charge >= 0.3 is 6.03 Å². The molecule has 3 N–H and O–H groups in total. The number of nitrogens with zero attached hydrogens (tertiary/aromatic N) is 3. The van der Waals surface area contributed by atoms with Crippen LogP contribution in [-0.4, -0.2) is 58.1 Å². The van der Waals surface area contributed by atoms with Crippen molar-refractivity contribution in [2.75, 3.05) is 23.3 Å². The standard InChI is InChI=1S/C29H25N5O4S/c1-2-23(36)33-15-13-20(22(35)16-33)31-27(37)26-25-24-21(12-14-30-28(24)39-26)34(29(38)32-25)19-10-8-18(9-11-19)17-6-4-3-5-7-17/h2-12,14,20,22,35H,1,13,15-16H2,(H,31,37)(H,32,38). The zero-order valence-electron chi connectivity index (χ0n) is 20.8. The fourth-order valence-electron chi connectivity index (χ4n) is 5.10. The summed E-state index contributed by atoms with van der Waals surface area (Å²) in [6.07, 6.45) is 2.31. The quantitative estimate of drug-likeness (QED) is 0.323. The summed E-state index contributed by atoms with van der Waals surface area (Å²) >= 11 is 1.18. The topological polar surface area (TPSA) is 115 Å². The van der Waals surface area contributed by atoms with Gasteiger partial charge in [0.25, 0.3) is 5.91 Å². The van der Waals surface area contributed by atoms with E-state index in [2.05, 4.69) is 22.2 Å². The Morgan fingerprint density at radius 2 is 1.85 bits per heavy atom. The lowest BCUT2D eigenvalue weighted by Gasteiger charge is -2.35. The lowest BCUT2D eigenvalue weighted by molar-refractivity contribution is -0.129. The number of hydrogen-bond donors (Lipinski definition) is 3. The number of aliphatic hydroxyl groups is 1. The van der Waals surface area contributed by atoms with Crippen molar-refractivity contribution in [2.24, 2.45) is 0 Å². The van der Waals surface area contributed by atoms with E-state index in [1.165, 1.54) is 22.3 Å². The Balaban J connectivity index is 1.28. The summed E-state index contributed by atoms with van der Waals surface area (Å²) in [5.74, 6) is -0.666. The molecule has 10 heteroatoms. The van der Waals surface area contributed by atoms with Crippen LogP contribution < -0.4 is 15.5 Å². The average Bonchev–Trinajstić information content (AvgIpc) is 3.34. The van der Waals surface area contributed by atoms with Crippen LogP contribution >= 0.6 is 11.3 Å². The van der Waals surface area contributed by atoms with Gasteiger partial charge in [0.15, 0.2) is 0 Å². The third kappa shape index (κ3) is 4.43. The molecule has 6 rings (SSSR count). The molecule has 39 heavy (non-hydrogen) atoms.